The average Bonchev–Trinajstić information content (AvgIpc) is 2.72. The van der Waals surface area contributed by atoms with Crippen LogP contribution in [-0.4, -0.2) is 32.4 Å². The summed E-state index contributed by atoms with van der Waals surface area (Å²) in [6, 6.07) is 12.0. The SMILES string of the molecule is CN=C(NCCc1cc(F)cc2c1OCOC2)NC1CCc2ccccc2C1.I. The monoisotopic (exact) mass is 511 g/mol. The summed E-state index contributed by atoms with van der Waals surface area (Å²) in [5, 5.41) is 6.87. The van der Waals surface area contributed by atoms with Crippen LogP contribution in [0.15, 0.2) is 41.4 Å². The van der Waals surface area contributed by atoms with Crippen molar-refractivity contribution in [1.29, 1.82) is 0 Å². The minimum Gasteiger partial charge on any atom is -0.467 e. The molecule has 2 N–H and O–H groups in total. The van der Waals surface area contributed by atoms with Crippen molar-refractivity contribution in [3.63, 3.8) is 0 Å². The first-order valence-corrected chi connectivity index (χ1v) is 9.78. The quantitative estimate of drug-likeness (QED) is 0.375. The van der Waals surface area contributed by atoms with Gasteiger partial charge >= 0.3 is 0 Å². The van der Waals surface area contributed by atoms with Crippen molar-refractivity contribution in [2.45, 2.75) is 38.3 Å². The minimum atomic E-state index is -0.258. The number of benzene rings is 2. The fourth-order valence-corrected chi connectivity index (χ4v) is 3.97. The number of halogens is 2. The number of nitrogens with zero attached hydrogens (tertiary/aromatic N) is 1. The van der Waals surface area contributed by atoms with Crippen LogP contribution in [0, 0.1) is 5.82 Å². The third kappa shape index (κ3) is 5.39. The van der Waals surface area contributed by atoms with Crippen LogP contribution < -0.4 is 15.4 Å². The van der Waals surface area contributed by atoms with Gasteiger partial charge in [-0.25, -0.2) is 4.39 Å². The van der Waals surface area contributed by atoms with Gasteiger partial charge in [0.05, 0.1) is 6.61 Å². The van der Waals surface area contributed by atoms with Crippen LogP contribution >= 0.6 is 24.0 Å². The molecule has 0 spiro atoms. The zero-order valence-electron chi connectivity index (χ0n) is 16.5. The number of fused-ring (bicyclic) bond motifs is 2. The first kappa shape index (κ1) is 21.8. The van der Waals surface area contributed by atoms with Crippen LogP contribution in [0.5, 0.6) is 5.75 Å². The molecule has 0 amide bonds. The van der Waals surface area contributed by atoms with Gasteiger partial charge in [-0.15, -0.1) is 24.0 Å². The second-order valence-corrected chi connectivity index (χ2v) is 7.27. The van der Waals surface area contributed by atoms with E-state index in [1.807, 2.05) is 0 Å². The highest BCUT2D eigenvalue weighted by Gasteiger charge is 2.20. The smallest absolute Gasteiger partial charge is 0.191 e. The molecular weight excluding hydrogens is 484 g/mol. The summed E-state index contributed by atoms with van der Waals surface area (Å²) in [4.78, 5) is 4.34. The Balaban J connectivity index is 0.00000240. The molecule has 4 rings (SSSR count). The maximum atomic E-state index is 13.9. The van der Waals surface area contributed by atoms with Crippen molar-refractivity contribution in [3.05, 3.63) is 64.5 Å². The van der Waals surface area contributed by atoms with Gasteiger partial charge in [0.15, 0.2) is 12.8 Å². The van der Waals surface area contributed by atoms with Crippen LogP contribution in [-0.2, 0) is 30.6 Å². The summed E-state index contributed by atoms with van der Waals surface area (Å²) < 4.78 is 24.7. The fourth-order valence-electron chi connectivity index (χ4n) is 3.97. The predicted octanol–water partition coefficient (Wildman–Crippen LogP) is 3.58. The molecule has 0 saturated heterocycles. The van der Waals surface area contributed by atoms with Crippen LogP contribution in [0.2, 0.25) is 0 Å². The van der Waals surface area contributed by atoms with Gasteiger partial charge in [0.1, 0.15) is 11.6 Å². The third-order valence-electron chi connectivity index (χ3n) is 5.35. The van der Waals surface area contributed by atoms with Crippen molar-refractivity contribution >= 4 is 29.9 Å². The van der Waals surface area contributed by atoms with Crippen molar-refractivity contribution < 1.29 is 13.9 Å². The number of hydrogen-bond donors (Lipinski definition) is 2. The molecule has 1 aliphatic carbocycles. The molecule has 29 heavy (non-hydrogen) atoms. The summed E-state index contributed by atoms with van der Waals surface area (Å²) in [6.07, 6.45) is 3.82. The number of nitrogens with one attached hydrogen (secondary N) is 2. The van der Waals surface area contributed by atoms with E-state index >= 15 is 0 Å². The normalized spacial score (nSPS) is 18.0. The Morgan fingerprint density at radius 1 is 1.21 bits per heavy atom. The van der Waals surface area contributed by atoms with Crippen LogP contribution in [0.4, 0.5) is 4.39 Å². The first-order valence-electron chi connectivity index (χ1n) is 9.78. The number of rotatable bonds is 4. The molecule has 0 fully saturated rings. The lowest BCUT2D eigenvalue weighted by Gasteiger charge is -2.27. The summed E-state index contributed by atoms with van der Waals surface area (Å²) in [5.74, 6) is 1.27. The molecule has 0 saturated carbocycles. The molecule has 1 heterocycles. The molecule has 0 bridgehead atoms. The molecular formula is C22H27FIN3O2. The van der Waals surface area contributed by atoms with Crippen molar-refractivity contribution in [3.8, 4) is 5.75 Å². The van der Waals surface area contributed by atoms with E-state index in [0.717, 1.165) is 42.1 Å². The second-order valence-electron chi connectivity index (χ2n) is 7.27. The Hall–Kier alpha value is -1.87. The lowest BCUT2D eigenvalue weighted by Crippen LogP contribution is -2.46. The summed E-state index contributed by atoms with van der Waals surface area (Å²) in [6.45, 7) is 1.24. The molecule has 7 heteroatoms. The zero-order chi connectivity index (χ0) is 19.3. The highest BCUT2D eigenvalue weighted by atomic mass is 127. The second kappa shape index (κ2) is 10.2. The lowest BCUT2D eigenvalue weighted by molar-refractivity contribution is -0.0172. The molecule has 2 aromatic carbocycles. The van der Waals surface area contributed by atoms with E-state index in [2.05, 4.69) is 39.9 Å². The molecule has 2 aliphatic rings. The topological polar surface area (TPSA) is 54.9 Å². The van der Waals surface area contributed by atoms with Gasteiger partial charge in [0.25, 0.3) is 0 Å². The molecule has 156 valence electrons. The van der Waals surface area contributed by atoms with Gasteiger partial charge in [-0.2, -0.15) is 0 Å². The van der Waals surface area contributed by atoms with E-state index in [-0.39, 0.29) is 36.6 Å². The number of guanidine groups is 1. The summed E-state index contributed by atoms with van der Waals surface area (Å²) >= 11 is 0. The summed E-state index contributed by atoms with van der Waals surface area (Å²) in [5.41, 5.74) is 4.48. The highest BCUT2D eigenvalue weighted by molar-refractivity contribution is 14.0. The summed E-state index contributed by atoms with van der Waals surface area (Å²) in [7, 11) is 1.77. The molecule has 0 aromatic heterocycles. The van der Waals surface area contributed by atoms with E-state index in [9.17, 15) is 4.39 Å². The Kier molecular flexibility index (Phi) is 7.71. The first-order chi connectivity index (χ1) is 13.7. The number of hydrogen-bond acceptors (Lipinski definition) is 3. The Labute approximate surface area is 188 Å². The van der Waals surface area contributed by atoms with Gasteiger partial charge in [0.2, 0.25) is 0 Å². The van der Waals surface area contributed by atoms with E-state index in [1.165, 1.54) is 17.2 Å². The Morgan fingerprint density at radius 2 is 2.03 bits per heavy atom. The largest absolute Gasteiger partial charge is 0.467 e. The Morgan fingerprint density at radius 3 is 2.86 bits per heavy atom. The van der Waals surface area contributed by atoms with Gasteiger partial charge in [0, 0.05) is 25.2 Å². The third-order valence-corrected chi connectivity index (χ3v) is 5.35. The van der Waals surface area contributed by atoms with Crippen LogP contribution in [0.1, 0.15) is 28.7 Å². The van der Waals surface area contributed by atoms with Crippen LogP contribution in [0.25, 0.3) is 0 Å². The molecule has 1 unspecified atom stereocenters. The van der Waals surface area contributed by atoms with Crippen molar-refractivity contribution in [2.24, 2.45) is 4.99 Å². The maximum Gasteiger partial charge on any atom is 0.191 e. The Bertz CT molecular complexity index is 875. The number of ether oxygens (including phenoxy) is 2. The van der Waals surface area contributed by atoms with E-state index in [1.54, 1.807) is 13.1 Å². The zero-order valence-corrected chi connectivity index (χ0v) is 18.9. The fraction of sp³-hybridized carbons (Fsp3) is 0.409. The molecule has 1 aliphatic heterocycles. The van der Waals surface area contributed by atoms with Crippen molar-refractivity contribution in [1.82, 2.24) is 10.6 Å². The molecule has 5 nitrogen and oxygen atoms in total. The van der Waals surface area contributed by atoms with E-state index in [4.69, 9.17) is 9.47 Å². The molecule has 1 atom stereocenters. The standard InChI is InChI=1S/C22H26FN3O2.HI/c1-24-22(26-20-7-6-15-4-2-3-5-16(15)12-20)25-9-8-17-10-19(23)11-18-13-27-14-28-21(17)18;/h2-5,10-11,20H,6-9,12-14H2,1H3,(H2,24,25,26);1H. The van der Waals surface area contributed by atoms with Gasteiger partial charge in [-0.05, 0) is 54.5 Å². The van der Waals surface area contributed by atoms with Gasteiger partial charge < -0.3 is 20.1 Å². The molecule has 2 aromatic rings. The number of aryl methyl sites for hydroxylation is 1. The van der Waals surface area contributed by atoms with E-state index in [0.29, 0.717) is 25.6 Å². The highest BCUT2D eigenvalue weighted by Crippen LogP contribution is 2.29. The minimum absolute atomic E-state index is 0. The lowest BCUT2D eigenvalue weighted by atomic mass is 9.88. The van der Waals surface area contributed by atoms with Gasteiger partial charge in [-0.3, -0.25) is 4.99 Å². The van der Waals surface area contributed by atoms with E-state index < -0.39 is 0 Å². The van der Waals surface area contributed by atoms with Crippen LogP contribution in [0.3, 0.4) is 0 Å². The predicted molar refractivity (Wildman–Crippen MR) is 123 cm³/mol. The average molecular weight is 511 g/mol. The van der Waals surface area contributed by atoms with Gasteiger partial charge in [-0.1, -0.05) is 24.3 Å². The maximum absolute atomic E-state index is 13.9. The van der Waals surface area contributed by atoms with Crippen molar-refractivity contribution in [2.75, 3.05) is 20.4 Å². The molecule has 0 radical (unpaired) electrons. The number of aliphatic imine (C=N–C) groups is 1.